The zero-order valence-corrected chi connectivity index (χ0v) is 22.7. The molecule has 2 heterocycles. The number of thiophene rings is 2. The Bertz CT molecular complexity index is 1770. The maximum atomic E-state index is 9.74. The molecule has 5 nitrogen and oxygen atoms in total. The molecule has 4 aromatic rings. The van der Waals surface area contributed by atoms with E-state index >= 15 is 0 Å². The average molecular weight is 554 g/mol. The molecule has 0 atom stereocenters. The van der Waals surface area contributed by atoms with Crippen LogP contribution in [-0.4, -0.2) is 14.1 Å². The van der Waals surface area contributed by atoms with Crippen LogP contribution >= 0.6 is 22.7 Å². The summed E-state index contributed by atoms with van der Waals surface area (Å²) in [5, 5.41) is 19.5. The molecule has 1 aliphatic carbocycles. The molecule has 0 aliphatic heterocycles. The molecule has 0 saturated carbocycles. The van der Waals surface area contributed by atoms with Gasteiger partial charge in [-0.1, -0.05) is 43.8 Å². The molecule has 0 amide bonds. The Balaban J connectivity index is 0.00000370. The number of nitriles is 2. The van der Waals surface area contributed by atoms with E-state index in [4.69, 9.17) is 13.1 Å². The smallest absolute Gasteiger partial charge is 0.270 e. The summed E-state index contributed by atoms with van der Waals surface area (Å²) in [5.41, 5.74) is 5.03. The molecule has 0 fully saturated rings. The minimum atomic E-state index is -0.0640. The van der Waals surface area contributed by atoms with Crippen LogP contribution in [0.1, 0.15) is 23.4 Å². The SMILES string of the molecule is C.[C-]#[N+]/C(C#N)=C1\C(=Cc2ccc(-c3ccc(-c4ccc(N(C)C)cc4)s3)s2)/C(=C(/C#N)[N+]#[C-])c2ccccc21. The lowest BCUT2D eigenvalue weighted by Gasteiger charge is -2.12. The van der Waals surface area contributed by atoms with Crippen molar-refractivity contribution in [3.05, 3.63) is 129 Å². The maximum absolute atomic E-state index is 9.74. The monoisotopic (exact) mass is 553 g/mol. The minimum Gasteiger partial charge on any atom is -0.378 e. The van der Waals surface area contributed by atoms with Gasteiger partial charge in [0.05, 0.1) is 25.3 Å². The van der Waals surface area contributed by atoms with Gasteiger partial charge in [0.15, 0.2) is 0 Å². The normalized spacial score (nSPS) is 14.0. The third-order valence-corrected chi connectivity index (χ3v) is 8.71. The van der Waals surface area contributed by atoms with Crippen LogP contribution in [0.4, 0.5) is 5.69 Å². The summed E-state index contributed by atoms with van der Waals surface area (Å²) < 4.78 is 0. The molecule has 0 spiro atoms. The van der Waals surface area contributed by atoms with E-state index in [0.29, 0.717) is 27.8 Å². The van der Waals surface area contributed by atoms with Gasteiger partial charge in [-0.3, -0.25) is 0 Å². The summed E-state index contributed by atoms with van der Waals surface area (Å²) in [6.45, 7) is 15.2. The number of anilines is 1. The fraction of sp³-hybridized carbons (Fsp3) is 0.0909. The summed E-state index contributed by atoms with van der Waals surface area (Å²) in [4.78, 5) is 13.3. The van der Waals surface area contributed by atoms with Crippen molar-refractivity contribution in [3.8, 4) is 32.3 Å². The van der Waals surface area contributed by atoms with Crippen LogP contribution < -0.4 is 4.90 Å². The lowest BCUT2D eigenvalue weighted by Crippen LogP contribution is -2.07. The molecule has 2 aromatic carbocycles. The van der Waals surface area contributed by atoms with E-state index in [2.05, 4.69) is 57.1 Å². The van der Waals surface area contributed by atoms with Gasteiger partial charge in [-0.15, -0.1) is 22.7 Å². The number of nitrogens with zero attached hydrogens (tertiary/aromatic N) is 5. The molecule has 40 heavy (non-hydrogen) atoms. The van der Waals surface area contributed by atoms with Crippen molar-refractivity contribution >= 4 is 45.6 Å². The first-order chi connectivity index (χ1) is 19.0. The zero-order chi connectivity index (χ0) is 27.5. The largest absolute Gasteiger partial charge is 0.378 e. The van der Waals surface area contributed by atoms with Crippen LogP contribution in [0.5, 0.6) is 0 Å². The topological polar surface area (TPSA) is 59.5 Å². The molecule has 0 N–H and O–H groups in total. The Labute approximate surface area is 242 Å². The molecule has 0 unspecified atom stereocenters. The number of benzene rings is 2. The standard InChI is InChI=1S/C32H19N5S2.CH4/c1-35-26(18-33)31-23-7-5-6-8-24(23)32(27(19-34)36-2)25(31)17-22-13-14-29(38-22)30-16-15-28(39-30)20-9-11-21(12-10-20)37(3)4;/h5-17H,3-4H3;1H4/b31-26-,32-27-;. The Morgan fingerprint density at radius 2 is 1.27 bits per heavy atom. The Morgan fingerprint density at radius 1 is 0.750 bits per heavy atom. The molecular formula is C33H23N5S2. The number of hydrogen-bond acceptors (Lipinski definition) is 5. The number of rotatable bonds is 4. The first-order valence-electron chi connectivity index (χ1n) is 11.8. The van der Waals surface area contributed by atoms with Gasteiger partial charge in [0.2, 0.25) is 0 Å². The van der Waals surface area contributed by atoms with Gasteiger partial charge in [0.25, 0.3) is 11.4 Å². The fourth-order valence-corrected chi connectivity index (χ4v) is 6.57. The van der Waals surface area contributed by atoms with Crippen LogP contribution in [0.25, 0.3) is 47.1 Å². The van der Waals surface area contributed by atoms with Crippen molar-refractivity contribution in [1.29, 1.82) is 10.5 Å². The molecule has 1 aliphatic rings. The van der Waals surface area contributed by atoms with E-state index in [-0.39, 0.29) is 18.8 Å². The summed E-state index contributed by atoms with van der Waals surface area (Å²) in [5.74, 6) is 0. The van der Waals surface area contributed by atoms with Crippen molar-refractivity contribution < 1.29 is 0 Å². The predicted molar refractivity (Wildman–Crippen MR) is 167 cm³/mol. The summed E-state index contributed by atoms with van der Waals surface area (Å²) >= 11 is 3.30. The molecule has 0 saturated heterocycles. The Morgan fingerprint density at radius 3 is 1.80 bits per heavy atom. The van der Waals surface area contributed by atoms with Crippen LogP contribution in [0.15, 0.2) is 89.8 Å². The second-order valence-electron chi connectivity index (χ2n) is 8.81. The van der Waals surface area contributed by atoms with Gasteiger partial charge >= 0.3 is 0 Å². The average Bonchev–Trinajstić information content (AvgIpc) is 3.70. The quantitative estimate of drug-likeness (QED) is 0.187. The number of hydrogen-bond donors (Lipinski definition) is 0. The lowest BCUT2D eigenvalue weighted by molar-refractivity contribution is 1.13. The van der Waals surface area contributed by atoms with Gasteiger partial charge in [-0.25, -0.2) is 20.2 Å². The first kappa shape index (κ1) is 27.8. The summed E-state index contributed by atoms with van der Waals surface area (Å²) in [7, 11) is 4.05. The molecule has 7 heteroatoms. The highest BCUT2D eigenvalue weighted by Gasteiger charge is 2.31. The van der Waals surface area contributed by atoms with Gasteiger partial charge in [0.1, 0.15) is 0 Å². The third-order valence-electron chi connectivity index (χ3n) is 6.34. The highest BCUT2D eigenvalue weighted by molar-refractivity contribution is 7.24. The number of fused-ring (bicyclic) bond motifs is 1. The van der Waals surface area contributed by atoms with Gasteiger partial charge in [-0.2, -0.15) is 0 Å². The fourth-order valence-electron chi connectivity index (χ4n) is 4.52. The molecular weight excluding hydrogens is 531 g/mol. The lowest BCUT2D eigenvalue weighted by atomic mass is 9.99. The van der Waals surface area contributed by atoms with Gasteiger partial charge < -0.3 is 4.90 Å². The summed E-state index contributed by atoms with van der Waals surface area (Å²) in [6.07, 6.45) is 1.89. The molecule has 192 valence electrons. The zero-order valence-electron chi connectivity index (χ0n) is 21.1. The van der Waals surface area contributed by atoms with E-state index in [1.54, 1.807) is 22.7 Å². The van der Waals surface area contributed by atoms with E-state index in [0.717, 1.165) is 25.9 Å². The van der Waals surface area contributed by atoms with Crippen LogP contribution in [0.2, 0.25) is 0 Å². The van der Waals surface area contributed by atoms with Crippen LogP contribution in [0.3, 0.4) is 0 Å². The van der Waals surface area contributed by atoms with E-state index in [1.807, 2.05) is 62.6 Å². The third kappa shape index (κ3) is 4.96. The minimum absolute atomic E-state index is 0. The van der Waals surface area contributed by atoms with Crippen molar-refractivity contribution in [1.82, 2.24) is 0 Å². The van der Waals surface area contributed by atoms with Gasteiger partial charge in [-0.05, 0) is 64.7 Å². The highest BCUT2D eigenvalue weighted by Crippen LogP contribution is 2.49. The van der Waals surface area contributed by atoms with E-state index in [9.17, 15) is 10.5 Å². The van der Waals surface area contributed by atoms with E-state index < -0.39 is 0 Å². The van der Waals surface area contributed by atoms with Crippen molar-refractivity contribution in [2.24, 2.45) is 0 Å². The second kappa shape index (κ2) is 11.7. The van der Waals surface area contributed by atoms with Crippen molar-refractivity contribution in [2.75, 3.05) is 19.0 Å². The maximum Gasteiger partial charge on any atom is 0.270 e. The van der Waals surface area contributed by atoms with Crippen molar-refractivity contribution in [3.63, 3.8) is 0 Å². The van der Waals surface area contributed by atoms with Gasteiger partial charge in [0, 0.05) is 50.4 Å². The number of allylic oxidation sites excluding steroid dienone is 5. The molecule has 5 rings (SSSR count). The molecule has 2 aromatic heterocycles. The van der Waals surface area contributed by atoms with E-state index in [1.165, 1.54) is 4.88 Å². The van der Waals surface area contributed by atoms with Crippen LogP contribution in [0, 0.1) is 35.8 Å². The van der Waals surface area contributed by atoms with Crippen molar-refractivity contribution in [2.45, 2.75) is 7.43 Å². The highest BCUT2D eigenvalue weighted by atomic mass is 32.1. The summed E-state index contributed by atoms with van der Waals surface area (Å²) in [6, 6.07) is 28.1. The van der Waals surface area contributed by atoms with Crippen LogP contribution in [-0.2, 0) is 0 Å². The second-order valence-corrected chi connectivity index (χ2v) is 11.0. The Hall–Kier alpha value is -5.18. The first-order valence-corrected chi connectivity index (χ1v) is 13.5. The molecule has 0 bridgehead atoms. The Kier molecular flexibility index (Phi) is 8.14. The predicted octanol–water partition coefficient (Wildman–Crippen LogP) is 9.25. The molecule has 0 radical (unpaired) electrons.